The van der Waals surface area contributed by atoms with Gasteiger partial charge in [-0.2, -0.15) is 0 Å². The van der Waals surface area contributed by atoms with Crippen LogP contribution >= 0.6 is 0 Å². The number of benzene rings is 2. The third kappa shape index (κ3) is 5.87. The van der Waals surface area contributed by atoms with Gasteiger partial charge in [0, 0.05) is 24.0 Å². The van der Waals surface area contributed by atoms with Crippen molar-refractivity contribution in [1.29, 1.82) is 0 Å². The fourth-order valence-corrected chi connectivity index (χ4v) is 3.69. The standard InChI is InChI=1S/C25H26O6/c1-30-24(28)13-11-22(26)18-7-3-16(4-8-18)20-15-21(20)17-5-9-19(10-6-17)23(27)12-14-25(29)31-2/h3-10,20-21H,11-15H2,1-2H3. The molecule has 1 saturated carbocycles. The van der Waals surface area contributed by atoms with Gasteiger partial charge in [0.1, 0.15) is 0 Å². The highest BCUT2D eigenvalue weighted by Crippen LogP contribution is 2.54. The maximum Gasteiger partial charge on any atom is 0.305 e. The van der Waals surface area contributed by atoms with Gasteiger partial charge in [0.15, 0.2) is 11.6 Å². The van der Waals surface area contributed by atoms with Crippen LogP contribution in [0, 0.1) is 0 Å². The van der Waals surface area contributed by atoms with E-state index < -0.39 is 0 Å². The number of esters is 2. The second kappa shape index (κ2) is 10.2. The van der Waals surface area contributed by atoms with Crippen molar-refractivity contribution in [1.82, 2.24) is 0 Å². The van der Waals surface area contributed by atoms with E-state index in [1.54, 1.807) is 0 Å². The van der Waals surface area contributed by atoms with E-state index in [2.05, 4.69) is 9.47 Å². The molecule has 0 bridgehead atoms. The number of Topliss-reactive ketones (excluding diaryl/α,β-unsaturated/α-hetero) is 2. The third-order valence-corrected chi connectivity index (χ3v) is 5.68. The third-order valence-electron chi connectivity index (χ3n) is 5.68. The van der Waals surface area contributed by atoms with E-state index in [1.165, 1.54) is 25.3 Å². The van der Waals surface area contributed by atoms with Gasteiger partial charge in [-0.15, -0.1) is 0 Å². The highest BCUT2D eigenvalue weighted by molar-refractivity contribution is 5.98. The van der Waals surface area contributed by atoms with Crippen LogP contribution < -0.4 is 0 Å². The molecule has 2 atom stereocenters. The predicted molar refractivity (Wildman–Crippen MR) is 114 cm³/mol. The predicted octanol–water partition coefficient (Wildman–Crippen LogP) is 4.23. The first-order chi connectivity index (χ1) is 14.9. The summed E-state index contributed by atoms with van der Waals surface area (Å²) in [5.74, 6) is -0.141. The molecule has 0 heterocycles. The van der Waals surface area contributed by atoms with E-state index in [0.29, 0.717) is 23.0 Å². The fraction of sp³-hybridized carbons (Fsp3) is 0.360. The van der Waals surface area contributed by atoms with Crippen molar-refractivity contribution in [3.63, 3.8) is 0 Å². The van der Waals surface area contributed by atoms with Crippen LogP contribution in [0.3, 0.4) is 0 Å². The van der Waals surface area contributed by atoms with Gasteiger partial charge >= 0.3 is 11.9 Å². The number of carbonyl (C=O) groups excluding carboxylic acids is 4. The average molecular weight is 422 g/mol. The summed E-state index contributed by atoms with van der Waals surface area (Å²) in [5.41, 5.74) is 3.54. The van der Waals surface area contributed by atoms with Crippen LogP contribution in [-0.4, -0.2) is 37.7 Å². The van der Waals surface area contributed by atoms with Crippen molar-refractivity contribution in [2.24, 2.45) is 0 Å². The lowest BCUT2D eigenvalue weighted by molar-refractivity contribution is -0.141. The molecule has 0 aromatic heterocycles. The summed E-state index contributed by atoms with van der Waals surface area (Å²) in [6, 6.07) is 15.1. The normalized spacial score (nSPS) is 17.0. The zero-order valence-electron chi connectivity index (χ0n) is 17.8. The van der Waals surface area contributed by atoms with Crippen molar-refractivity contribution >= 4 is 23.5 Å². The summed E-state index contributed by atoms with van der Waals surface area (Å²) in [4.78, 5) is 46.7. The lowest BCUT2D eigenvalue weighted by Crippen LogP contribution is -2.06. The van der Waals surface area contributed by atoms with E-state index >= 15 is 0 Å². The lowest BCUT2D eigenvalue weighted by atomic mass is 9.99. The van der Waals surface area contributed by atoms with Crippen LogP contribution in [0.4, 0.5) is 0 Å². The van der Waals surface area contributed by atoms with Gasteiger partial charge in [-0.05, 0) is 29.4 Å². The first kappa shape index (κ1) is 22.4. The number of methoxy groups -OCH3 is 2. The van der Waals surface area contributed by atoms with E-state index in [4.69, 9.17) is 0 Å². The van der Waals surface area contributed by atoms with E-state index in [9.17, 15) is 19.2 Å². The minimum atomic E-state index is -0.387. The summed E-state index contributed by atoms with van der Waals surface area (Å²) < 4.78 is 9.13. The largest absolute Gasteiger partial charge is 0.469 e. The van der Waals surface area contributed by atoms with Gasteiger partial charge in [-0.1, -0.05) is 48.5 Å². The molecule has 1 fully saturated rings. The Morgan fingerprint density at radius 2 is 1.00 bits per heavy atom. The van der Waals surface area contributed by atoms with Crippen LogP contribution in [-0.2, 0) is 19.1 Å². The topological polar surface area (TPSA) is 86.7 Å². The Kier molecular flexibility index (Phi) is 7.34. The SMILES string of the molecule is COC(=O)CCC(=O)c1ccc(C2CC2c2ccc(C(=O)CCC(=O)OC)cc2)cc1. The minimum Gasteiger partial charge on any atom is -0.469 e. The molecule has 3 rings (SSSR count). The van der Waals surface area contributed by atoms with E-state index in [0.717, 1.165) is 6.42 Å². The zero-order chi connectivity index (χ0) is 22.4. The highest BCUT2D eigenvalue weighted by atomic mass is 16.5. The van der Waals surface area contributed by atoms with E-state index in [1.807, 2.05) is 48.5 Å². The molecule has 6 nitrogen and oxygen atoms in total. The maximum atomic E-state index is 12.2. The molecule has 0 saturated heterocycles. The molecule has 2 unspecified atom stereocenters. The van der Waals surface area contributed by atoms with E-state index in [-0.39, 0.29) is 49.2 Å². The number of hydrogen-bond acceptors (Lipinski definition) is 6. The summed E-state index contributed by atoms with van der Waals surface area (Å²) in [6.45, 7) is 0. The molecule has 0 amide bonds. The Balaban J connectivity index is 1.54. The van der Waals surface area contributed by atoms with Gasteiger partial charge in [0.05, 0.1) is 27.1 Å². The van der Waals surface area contributed by atoms with Gasteiger partial charge < -0.3 is 9.47 Å². The van der Waals surface area contributed by atoms with Gasteiger partial charge in [0.2, 0.25) is 0 Å². The Hall–Kier alpha value is -3.28. The Labute approximate surface area is 181 Å². The van der Waals surface area contributed by atoms with Crippen LogP contribution in [0.25, 0.3) is 0 Å². The Morgan fingerprint density at radius 1 is 0.645 bits per heavy atom. The van der Waals surface area contributed by atoms with Crippen molar-refractivity contribution in [2.45, 2.75) is 43.9 Å². The Morgan fingerprint density at radius 3 is 1.32 bits per heavy atom. The number of ketones is 2. The number of hydrogen-bond donors (Lipinski definition) is 0. The molecular formula is C25H26O6. The molecule has 0 spiro atoms. The van der Waals surface area contributed by atoms with Gasteiger partial charge in [-0.25, -0.2) is 0 Å². The highest BCUT2D eigenvalue weighted by Gasteiger charge is 2.39. The van der Waals surface area contributed by atoms with Crippen molar-refractivity contribution < 1.29 is 28.7 Å². The molecule has 0 radical (unpaired) electrons. The maximum absolute atomic E-state index is 12.2. The summed E-state index contributed by atoms with van der Waals surface area (Å²) >= 11 is 0. The molecule has 0 N–H and O–H groups in total. The van der Waals surface area contributed by atoms with Gasteiger partial charge in [-0.3, -0.25) is 19.2 Å². The molecule has 31 heavy (non-hydrogen) atoms. The molecule has 1 aliphatic rings. The van der Waals surface area contributed by atoms with Crippen molar-refractivity contribution in [2.75, 3.05) is 14.2 Å². The molecule has 2 aromatic carbocycles. The summed E-state index contributed by atoms with van der Waals surface area (Å²) in [7, 11) is 2.62. The van der Waals surface area contributed by atoms with Gasteiger partial charge in [0.25, 0.3) is 0 Å². The number of rotatable bonds is 10. The molecule has 162 valence electrons. The average Bonchev–Trinajstić information content (AvgIpc) is 3.61. The second-order valence-corrected chi connectivity index (χ2v) is 7.69. The molecule has 6 heteroatoms. The minimum absolute atomic E-state index is 0.0725. The van der Waals surface area contributed by atoms with Crippen LogP contribution in [0.2, 0.25) is 0 Å². The zero-order valence-corrected chi connectivity index (χ0v) is 17.8. The first-order valence-electron chi connectivity index (χ1n) is 10.3. The molecule has 2 aromatic rings. The van der Waals surface area contributed by atoms with Crippen LogP contribution in [0.15, 0.2) is 48.5 Å². The smallest absolute Gasteiger partial charge is 0.305 e. The number of ether oxygens (including phenoxy) is 2. The Bertz CT molecular complexity index is 879. The van der Waals surface area contributed by atoms with Crippen LogP contribution in [0.5, 0.6) is 0 Å². The summed E-state index contributed by atoms with van der Waals surface area (Å²) in [5, 5.41) is 0. The summed E-state index contributed by atoms with van der Waals surface area (Å²) in [6.07, 6.45) is 1.47. The first-order valence-corrected chi connectivity index (χ1v) is 10.3. The second-order valence-electron chi connectivity index (χ2n) is 7.69. The quantitative estimate of drug-likeness (QED) is 0.421. The fourth-order valence-electron chi connectivity index (χ4n) is 3.69. The van der Waals surface area contributed by atoms with Crippen LogP contribution in [0.1, 0.15) is 75.8 Å². The molecule has 0 aliphatic heterocycles. The monoisotopic (exact) mass is 422 g/mol. The van der Waals surface area contributed by atoms with Crippen molar-refractivity contribution in [3.8, 4) is 0 Å². The molecule has 1 aliphatic carbocycles. The lowest BCUT2D eigenvalue weighted by Gasteiger charge is -2.05. The van der Waals surface area contributed by atoms with Crippen molar-refractivity contribution in [3.05, 3.63) is 70.8 Å². The molecular weight excluding hydrogens is 396 g/mol. The number of carbonyl (C=O) groups is 4.